The van der Waals surface area contributed by atoms with Crippen molar-refractivity contribution in [1.29, 1.82) is 0 Å². The van der Waals surface area contributed by atoms with E-state index in [-0.39, 0.29) is 12.2 Å². The number of carbonyl (C=O) groups excluding carboxylic acids is 2. The molecule has 2 aromatic rings. The maximum atomic E-state index is 15.3. The van der Waals surface area contributed by atoms with Crippen LogP contribution in [0.1, 0.15) is 41.5 Å². The fourth-order valence-electron chi connectivity index (χ4n) is 3.60. The first-order valence-electron chi connectivity index (χ1n) is 10.0. The first kappa shape index (κ1) is 22.9. The van der Waals surface area contributed by atoms with Gasteiger partial charge in [-0.15, -0.1) is 0 Å². The molecule has 1 heterocycles. The summed E-state index contributed by atoms with van der Waals surface area (Å²) in [5.74, 6) is -1.28. The molecule has 1 aliphatic rings. The molecule has 166 valence electrons. The van der Waals surface area contributed by atoms with Gasteiger partial charge in [-0.3, -0.25) is 0 Å². The van der Waals surface area contributed by atoms with Crippen molar-refractivity contribution in [2.75, 3.05) is 13.7 Å². The summed E-state index contributed by atoms with van der Waals surface area (Å²) in [5, 5.41) is 0. The maximum Gasteiger partial charge on any atom is 0.338 e. The third kappa shape index (κ3) is 4.62. The zero-order valence-electron chi connectivity index (χ0n) is 18.0. The molecule has 0 aromatic heterocycles. The second kappa shape index (κ2) is 9.16. The highest BCUT2D eigenvalue weighted by molar-refractivity contribution is 5.90. The van der Waals surface area contributed by atoms with Gasteiger partial charge in [0.2, 0.25) is 0 Å². The van der Waals surface area contributed by atoms with Crippen LogP contribution in [0.5, 0.6) is 0 Å². The van der Waals surface area contributed by atoms with Gasteiger partial charge in [-0.1, -0.05) is 57.2 Å². The van der Waals surface area contributed by atoms with Gasteiger partial charge in [-0.25, -0.2) is 14.0 Å². The van der Waals surface area contributed by atoms with Crippen molar-refractivity contribution in [2.24, 2.45) is 5.41 Å². The average Bonchev–Trinajstić information content (AvgIpc) is 3.05. The van der Waals surface area contributed by atoms with E-state index in [1.807, 2.05) is 0 Å². The summed E-state index contributed by atoms with van der Waals surface area (Å²) in [6, 6.07) is 16.7. The number of carbonyl (C=O) groups is 2. The Balaban J connectivity index is 1.90. The third-order valence-electron chi connectivity index (χ3n) is 5.51. The Bertz CT molecular complexity index is 895. The number of rotatable bonds is 6. The molecule has 1 fully saturated rings. The fraction of sp³-hybridized carbons (Fsp3) is 0.417. The molecule has 1 aliphatic heterocycles. The van der Waals surface area contributed by atoms with Crippen molar-refractivity contribution in [3.8, 4) is 0 Å². The van der Waals surface area contributed by atoms with Gasteiger partial charge in [-0.05, 0) is 29.7 Å². The molecular formula is C24H27FO6. The molecule has 6 nitrogen and oxygen atoms in total. The predicted octanol–water partition coefficient (Wildman–Crippen LogP) is 4.19. The minimum Gasteiger partial charge on any atom is -0.459 e. The van der Waals surface area contributed by atoms with Gasteiger partial charge in [0.15, 0.2) is 18.6 Å². The van der Waals surface area contributed by atoms with Crippen LogP contribution in [0.25, 0.3) is 0 Å². The number of alkyl halides is 1. The Labute approximate surface area is 181 Å². The van der Waals surface area contributed by atoms with Gasteiger partial charge < -0.3 is 18.9 Å². The van der Waals surface area contributed by atoms with Gasteiger partial charge in [0, 0.05) is 7.11 Å². The average molecular weight is 430 g/mol. The number of halogens is 1. The van der Waals surface area contributed by atoms with Gasteiger partial charge in [0.05, 0.1) is 11.1 Å². The Hall–Kier alpha value is -2.77. The molecule has 7 heteroatoms. The molecule has 0 amide bonds. The topological polar surface area (TPSA) is 71.1 Å². The van der Waals surface area contributed by atoms with Crippen molar-refractivity contribution in [3.63, 3.8) is 0 Å². The molecule has 31 heavy (non-hydrogen) atoms. The van der Waals surface area contributed by atoms with Crippen LogP contribution in [0.3, 0.4) is 0 Å². The molecule has 0 spiro atoms. The van der Waals surface area contributed by atoms with Gasteiger partial charge in [0.25, 0.3) is 0 Å². The minimum atomic E-state index is -1.77. The van der Waals surface area contributed by atoms with E-state index in [1.54, 1.807) is 81.4 Å². The molecule has 3 rings (SSSR count). The molecule has 4 atom stereocenters. The van der Waals surface area contributed by atoms with Gasteiger partial charge in [-0.2, -0.15) is 0 Å². The maximum absolute atomic E-state index is 15.3. The van der Waals surface area contributed by atoms with E-state index >= 15 is 4.39 Å². The summed E-state index contributed by atoms with van der Waals surface area (Å²) in [6.07, 6.45) is -4.40. The second-order valence-corrected chi connectivity index (χ2v) is 8.44. The number of esters is 2. The van der Waals surface area contributed by atoms with E-state index in [0.29, 0.717) is 5.56 Å². The summed E-state index contributed by atoms with van der Waals surface area (Å²) >= 11 is 0. The Morgan fingerprint density at radius 2 is 1.48 bits per heavy atom. The van der Waals surface area contributed by atoms with Crippen molar-refractivity contribution in [1.82, 2.24) is 0 Å². The quantitative estimate of drug-likeness (QED) is 0.640. The van der Waals surface area contributed by atoms with Gasteiger partial charge >= 0.3 is 11.9 Å². The van der Waals surface area contributed by atoms with Crippen LogP contribution in [0.2, 0.25) is 0 Å². The lowest BCUT2D eigenvalue weighted by molar-refractivity contribution is -0.219. The first-order valence-corrected chi connectivity index (χ1v) is 10.0. The largest absolute Gasteiger partial charge is 0.459 e. The second-order valence-electron chi connectivity index (χ2n) is 8.44. The molecule has 0 aliphatic carbocycles. The monoisotopic (exact) mass is 430 g/mol. The van der Waals surface area contributed by atoms with E-state index in [2.05, 4.69) is 0 Å². The zero-order chi connectivity index (χ0) is 22.6. The zero-order valence-corrected chi connectivity index (χ0v) is 18.0. The molecule has 0 N–H and O–H groups in total. The fourth-order valence-corrected chi connectivity index (χ4v) is 3.60. The Morgan fingerprint density at radius 1 is 0.968 bits per heavy atom. The lowest BCUT2D eigenvalue weighted by atomic mass is 9.73. The van der Waals surface area contributed by atoms with Gasteiger partial charge in [0.1, 0.15) is 12.2 Å². The first-order chi connectivity index (χ1) is 14.7. The molecule has 2 aromatic carbocycles. The highest BCUT2D eigenvalue weighted by Gasteiger charge is 2.64. The molecule has 0 saturated carbocycles. The molecule has 0 radical (unpaired) electrons. The Kier molecular flexibility index (Phi) is 6.77. The van der Waals surface area contributed by atoms with Crippen LogP contribution in [-0.2, 0) is 18.9 Å². The van der Waals surface area contributed by atoms with Crippen LogP contribution in [0.15, 0.2) is 60.7 Å². The summed E-state index contributed by atoms with van der Waals surface area (Å²) in [6.45, 7) is 5.09. The van der Waals surface area contributed by atoms with Crippen LogP contribution >= 0.6 is 0 Å². The SMILES string of the molecule is COC1OC(COC(=O)c2ccccc2)(C(C)(C)C)C(OC(=O)c2ccccc2)C1F. The van der Waals surface area contributed by atoms with Crippen LogP contribution in [0.4, 0.5) is 4.39 Å². The van der Waals surface area contributed by atoms with Crippen LogP contribution in [-0.4, -0.2) is 49.8 Å². The predicted molar refractivity (Wildman–Crippen MR) is 111 cm³/mol. The van der Waals surface area contributed by atoms with E-state index in [9.17, 15) is 9.59 Å². The van der Waals surface area contributed by atoms with Crippen molar-refractivity contribution >= 4 is 11.9 Å². The molecular weight excluding hydrogens is 403 g/mol. The van der Waals surface area contributed by atoms with E-state index in [0.717, 1.165) is 0 Å². The summed E-state index contributed by atoms with van der Waals surface area (Å²) in [5.41, 5.74) is -1.62. The standard InChI is InChI=1S/C24H27FO6/c1-23(2,3)24(15-29-20(26)16-11-7-5-8-12-16)19(18(25)22(28-4)31-24)30-21(27)17-13-9-6-10-14-17/h5-14,18-19,22H,15H2,1-4H3. The molecule has 0 bridgehead atoms. The van der Waals surface area contributed by atoms with Crippen molar-refractivity contribution < 1.29 is 32.9 Å². The number of ether oxygens (including phenoxy) is 4. The minimum absolute atomic E-state index is 0.277. The summed E-state index contributed by atoms with van der Waals surface area (Å²) in [7, 11) is 1.31. The lowest BCUT2D eigenvalue weighted by Gasteiger charge is -2.43. The third-order valence-corrected chi connectivity index (χ3v) is 5.51. The van der Waals surface area contributed by atoms with E-state index in [1.165, 1.54) is 7.11 Å². The molecule has 1 saturated heterocycles. The summed E-state index contributed by atoms with van der Waals surface area (Å²) < 4.78 is 37.6. The number of methoxy groups -OCH3 is 1. The van der Waals surface area contributed by atoms with E-state index in [4.69, 9.17) is 18.9 Å². The normalized spacial score (nSPS) is 25.8. The van der Waals surface area contributed by atoms with Crippen molar-refractivity contribution in [2.45, 2.75) is 44.9 Å². The number of hydrogen-bond donors (Lipinski definition) is 0. The molecule has 4 unspecified atom stereocenters. The van der Waals surface area contributed by atoms with Crippen LogP contribution < -0.4 is 0 Å². The number of benzene rings is 2. The highest BCUT2D eigenvalue weighted by Crippen LogP contribution is 2.47. The van der Waals surface area contributed by atoms with E-state index < -0.39 is 41.5 Å². The number of hydrogen-bond acceptors (Lipinski definition) is 6. The Morgan fingerprint density at radius 3 is 1.97 bits per heavy atom. The smallest absolute Gasteiger partial charge is 0.338 e. The van der Waals surface area contributed by atoms with Crippen molar-refractivity contribution in [3.05, 3.63) is 71.8 Å². The highest BCUT2D eigenvalue weighted by atomic mass is 19.1. The summed E-state index contributed by atoms with van der Waals surface area (Å²) in [4.78, 5) is 25.3. The lowest BCUT2D eigenvalue weighted by Crippen LogP contribution is -2.57. The van der Waals surface area contributed by atoms with Crippen LogP contribution in [0, 0.1) is 5.41 Å².